The molecule has 1 heterocycles. The third-order valence-electron chi connectivity index (χ3n) is 1.45. The molecule has 13 heavy (non-hydrogen) atoms. The molecule has 0 aliphatic carbocycles. The Balaban J connectivity index is 3.50. The van der Waals surface area contributed by atoms with E-state index in [1.165, 1.54) is 6.92 Å². The van der Waals surface area contributed by atoms with Crippen molar-refractivity contribution in [2.75, 3.05) is 5.75 Å². The largest absolute Gasteiger partial charge is 0.326 e. The summed E-state index contributed by atoms with van der Waals surface area (Å²) in [6.45, 7) is 1.43. The first-order valence-electron chi connectivity index (χ1n) is 3.52. The van der Waals surface area contributed by atoms with E-state index in [2.05, 4.69) is 0 Å². The van der Waals surface area contributed by atoms with Crippen molar-refractivity contribution >= 4 is 9.84 Å². The van der Waals surface area contributed by atoms with E-state index in [9.17, 15) is 18.0 Å². The summed E-state index contributed by atoms with van der Waals surface area (Å²) in [4.78, 5) is 25.3. The van der Waals surface area contributed by atoms with Crippen LogP contribution < -0.4 is 11.2 Å². The Labute approximate surface area is 73.5 Å². The summed E-state index contributed by atoms with van der Waals surface area (Å²) in [5.74, 6) is -0.160. The first kappa shape index (κ1) is 9.72. The van der Waals surface area contributed by atoms with E-state index in [0.717, 1.165) is 6.07 Å². The minimum atomic E-state index is -3.52. The fraction of sp³-hybridized carbons (Fsp3) is 0.333. The number of sulfone groups is 1. The van der Waals surface area contributed by atoms with Gasteiger partial charge >= 0.3 is 5.69 Å². The highest BCUT2D eigenvalue weighted by Gasteiger charge is 2.12. The maximum atomic E-state index is 11.2. The topological polar surface area (TPSA) is 99.9 Å². The average Bonchev–Trinajstić information content (AvgIpc) is 2.02. The van der Waals surface area contributed by atoms with Gasteiger partial charge < -0.3 is 0 Å². The quantitative estimate of drug-likeness (QED) is 0.594. The molecular weight excluding hydrogens is 196 g/mol. The van der Waals surface area contributed by atoms with Gasteiger partial charge in [0.15, 0.2) is 9.84 Å². The zero-order chi connectivity index (χ0) is 10.1. The fourth-order valence-corrected chi connectivity index (χ4v) is 1.62. The number of aromatic amines is 2. The monoisotopic (exact) mass is 204 g/mol. The minimum absolute atomic E-state index is 0.160. The van der Waals surface area contributed by atoms with Crippen LogP contribution in [0, 0.1) is 0 Å². The van der Waals surface area contributed by atoms with Crippen LogP contribution in [0.3, 0.4) is 0 Å². The van der Waals surface area contributed by atoms with Crippen molar-refractivity contribution in [3.8, 4) is 0 Å². The number of hydrogen-bond acceptors (Lipinski definition) is 4. The second-order valence-corrected chi connectivity index (χ2v) is 4.60. The maximum absolute atomic E-state index is 11.2. The van der Waals surface area contributed by atoms with Gasteiger partial charge in [0.1, 0.15) is 5.03 Å². The summed E-state index contributed by atoms with van der Waals surface area (Å²) in [5.41, 5.74) is -1.55. The van der Waals surface area contributed by atoms with Gasteiger partial charge in [-0.2, -0.15) is 0 Å². The summed E-state index contributed by atoms with van der Waals surface area (Å²) in [6, 6.07) is 0.847. The van der Waals surface area contributed by atoms with Gasteiger partial charge in [0.25, 0.3) is 5.56 Å². The third kappa shape index (κ3) is 2.05. The van der Waals surface area contributed by atoms with E-state index < -0.39 is 21.1 Å². The average molecular weight is 204 g/mol. The van der Waals surface area contributed by atoms with E-state index in [4.69, 9.17) is 0 Å². The zero-order valence-electron chi connectivity index (χ0n) is 6.83. The Morgan fingerprint density at radius 3 is 2.38 bits per heavy atom. The molecule has 0 aromatic carbocycles. The van der Waals surface area contributed by atoms with Crippen LogP contribution in [0.4, 0.5) is 0 Å². The number of nitrogens with one attached hydrogen (secondary N) is 2. The minimum Gasteiger partial charge on any atom is -0.298 e. The highest BCUT2D eigenvalue weighted by Crippen LogP contribution is 2.00. The lowest BCUT2D eigenvalue weighted by Crippen LogP contribution is -2.25. The molecule has 0 radical (unpaired) electrons. The third-order valence-corrected chi connectivity index (χ3v) is 3.10. The molecule has 0 spiro atoms. The maximum Gasteiger partial charge on any atom is 0.326 e. The summed E-state index contributed by atoms with van der Waals surface area (Å²) in [6.07, 6.45) is 0. The molecule has 0 saturated carbocycles. The molecule has 0 bridgehead atoms. The first-order chi connectivity index (χ1) is 5.95. The van der Waals surface area contributed by atoms with Gasteiger partial charge in [0, 0.05) is 6.07 Å². The van der Waals surface area contributed by atoms with Crippen molar-refractivity contribution in [2.24, 2.45) is 0 Å². The standard InChI is InChI=1S/C6H8N2O4S/c1-2-13(11,12)5-3-4(9)7-6(10)8-5/h3H,2H2,1H3,(H2,7,8,9,10). The normalized spacial score (nSPS) is 11.5. The SMILES string of the molecule is CCS(=O)(=O)c1cc(=O)[nH]c(=O)[nH]1. The molecule has 1 rings (SSSR count). The van der Waals surface area contributed by atoms with Crippen LogP contribution in [0.2, 0.25) is 0 Å². The fourth-order valence-electron chi connectivity index (χ4n) is 0.769. The van der Waals surface area contributed by atoms with Crippen molar-refractivity contribution in [1.82, 2.24) is 9.97 Å². The van der Waals surface area contributed by atoms with Crippen LogP contribution in [0.25, 0.3) is 0 Å². The van der Waals surface area contributed by atoms with E-state index >= 15 is 0 Å². The van der Waals surface area contributed by atoms with Crippen LogP contribution in [-0.4, -0.2) is 24.1 Å². The van der Waals surface area contributed by atoms with Gasteiger partial charge in [-0.15, -0.1) is 0 Å². The van der Waals surface area contributed by atoms with Crippen molar-refractivity contribution in [1.29, 1.82) is 0 Å². The van der Waals surface area contributed by atoms with Crippen LogP contribution in [0.15, 0.2) is 20.7 Å². The summed E-state index contributed by atoms with van der Waals surface area (Å²) in [7, 11) is -3.52. The van der Waals surface area contributed by atoms with Crippen molar-refractivity contribution in [3.63, 3.8) is 0 Å². The van der Waals surface area contributed by atoms with Gasteiger partial charge in [-0.1, -0.05) is 6.92 Å². The molecule has 1 aromatic heterocycles. The Morgan fingerprint density at radius 1 is 1.31 bits per heavy atom. The Morgan fingerprint density at radius 2 is 1.92 bits per heavy atom. The van der Waals surface area contributed by atoms with Crippen LogP contribution >= 0.6 is 0 Å². The van der Waals surface area contributed by atoms with Gasteiger partial charge in [0.05, 0.1) is 5.75 Å². The lowest BCUT2D eigenvalue weighted by molar-refractivity contribution is 0.592. The second kappa shape index (κ2) is 3.17. The van der Waals surface area contributed by atoms with E-state index in [1.54, 1.807) is 0 Å². The lowest BCUT2D eigenvalue weighted by atomic mass is 10.7. The van der Waals surface area contributed by atoms with E-state index in [-0.39, 0.29) is 10.8 Å². The molecule has 0 saturated heterocycles. The van der Waals surface area contributed by atoms with Crippen LogP contribution in [-0.2, 0) is 9.84 Å². The molecule has 2 N–H and O–H groups in total. The zero-order valence-corrected chi connectivity index (χ0v) is 7.64. The smallest absolute Gasteiger partial charge is 0.298 e. The van der Waals surface area contributed by atoms with Gasteiger partial charge in [-0.3, -0.25) is 14.8 Å². The molecule has 1 aromatic rings. The molecule has 0 atom stereocenters. The number of aromatic nitrogens is 2. The first-order valence-corrected chi connectivity index (χ1v) is 5.17. The molecule has 0 aliphatic rings. The molecule has 7 heteroatoms. The predicted molar refractivity (Wildman–Crippen MR) is 45.4 cm³/mol. The van der Waals surface area contributed by atoms with Crippen molar-refractivity contribution in [3.05, 3.63) is 26.9 Å². The van der Waals surface area contributed by atoms with Gasteiger partial charge in [-0.25, -0.2) is 13.2 Å². The van der Waals surface area contributed by atoms with Gasteiger partial charge in [-0.05, 0) is 0 Å². The molecule has 0 aliphatic heterocycles. The number of rotatable bonds is 2. The van der Waals surface area contributed by atoms with Crippen LogP contribution in [0.5, 0.6) is 0 Å². The van der Waals surface area contributed by atoms with Crippen molar-refractivity contribution < 1.29 is 8.42 Å². The highest BCUT2D eigenvalue weighted by molar-refractivity contribution is 7.91. The number of hydrogen-bond donors (Lipinski definition) is 2. The predicted octanol–water partition coefficient (Wildman–Crippen LogP) is -1.14. The highest BCUT2D eigenvalue weighted by atomic mass is 32.2. The van der Waals surface area contributed by atoms with Crippen molar-refractivity contribution in [2.45, 2.75) is 11.9 Å². The summed E-state index contributed by atoms with van der Waals surface area (Å²) in [5, 5.41) is -0.344. The summed E-state index contributed by atoms with van der Waals surface area (Å²) >= 11 is 0. The molecule has 0 amide bonds. The van der Waals surface area contributed by atoms with E-state index in [1.807, 2.05) is 9.97 Å². The van der Waals surface area contributed by atoms with E-state index in [0.29, 0.717) is 0 Å². The lowest BCUT2D eigenvalue weighted by Gasteiger charge is -1.97. The Hall–Kier alpha value is -1.37. The molecule has 0 fully saturated rings. The second-order valence-electron chi connectivity index (χ2n) is 2.36. The van der Waals surface area contributed by atoms with Gasteiger partial charge in [0.2, 0.25) is 0 Å². The Bertz CT molecular complexity index is 482. The Kier molecular flexibility index (Phi) is 2.37. The summed E-state index contributed by atoms with van der Waals surface area (Å²) < 4.78 is 22.4. The molecule has 6 nitrogen and oxygen atoms in total. The molecule has 72 valence electrons. The number of H-pyrrole nitrogens is 2. The molecule has 0 unspecified atom stereocenters. The molecular formula is C6H8N2O4S. The van der Waals surface area contributed by atoms with Crippen LogP contribution in [0.1, 0.15) is 6.92 Å².